The van der Waals surface area contributed by atoms with Gasteiger partial charge in [0.05, 0.1) is 5.56 Å². The van der Waals surface area contributed by atoms with E-state index in [2.05, 4.69) is 12.2 Å². The summed E-state index contributed by atoms with van der Waals surface area (Å²) in [7, 11) is 3.13. The summed E-state index contributed by atoms with van der Waals surface area (Å²) in [4.78, 5) is 23.6. The van der Waals surface area contributed by atoms with E-state index < -0.39 is 0 Å². The molecule has 106 valence electrons. The average Bonchev–Trinajstić information content (AvgIpc) is 2.42. The van der Waals surface area contributed by atoms with Gasteiger partial charge in [0, 0.05) is 32.5 Å². The normalized spacial score (nSPS) is 10.6. The van der Waals surface area contributed by atoms with Crippen LogP contribution in [0, 0.1) is 13.8 Å². The first-order valence-corrected chi connectivity index (χ1v) is 6.47. The van der Waals surface area contributed by atoms with Crippen LogP contribution >= 0.6 is 0 Å². The van der Waals surface area contributed by atoms with E-state index in [0.717, 1.165) is 10.3 Å². The van der Waals surface area contributed by atoms with Crippen LogP contribution in [0.15, 0.2) is 34.0 Å². The minimum Gasteiger partial charge on any atom is -0.381 e. The second-order valence-electron chi connectivity index (χ2n) is 5.06. The molecule has 20 heavy (non-hydrogen) atoms. The van der Waals surface area contributed by atoms with Gasteiger partial charge in [0.1, 0.15) is 0 Å². The minimum absolute atomic E-state index is 0.260. The minimum atomic E-state index is -0.315. The summed E-state index contributed by atoms with van der Waals surface area (Å²) in [6.45, 7) is 4.50. The molecule has 0 unspecified atom stereocenters. The average molecular weight is 273 g/mol. The Morgan fingerprint density at radius 1 is 1.10 bits per heavy atom. The van der Waals surface area contributed by atoms with Gasteiger partial charge < -0.3 is 9.88 Å². The van der Waals surface area contributed by atoms with Gasteiger partial charge in [-0.05, 0) is 37.1 Å². The van der Waals surface area contributed by atoms with E-state index in [9.17, 15) is 9.59 Å². The van der Waals surface area contributed by atoms with Crippen molar-refractivity contribution < 1.29 is 0 Å². The first-order chi connectivity index (χ1) is 9.40. The fourth-order valence-electron chi connectivity index (χ4n) is 2.05. The Bertz CT molecular complexity index is 757. The smallest absolute Gasteiger partial charge is 0.330 e. The third kappa shape index (κ3) is 2.66. The van der Waals surface area contributed by atoms with Gasteiger partial charge in [0.15, 0.2) is 0 Å². The summed E-state index contributed by atoms with van der Waals surface area (Å²) in [6.07, 6.45) is 1.58. The maximum atomic E-state index is 12.0. The topological polar surface area (TPSA) is 56.0 Å². The van der Waals surface area contributed by atoms with E-state index in [1.807, 2.05) is 25.1 Å². The number of rotatable bonds is 3. The lowest BCUT2D eigenvalue weighted by molar-refractivity contribution is 0.671. The number of nitrogens with one attached hydrogen (secondary N) is 1. The van der Waals surface area contributed by atoms with Gasteiger partial charge in [-0.2, -0.15) is 0 Å². The SMILES string of the molecule is Cc1ccc(NCc2cn(C)c(=O)n(C)c2=O)cc1C. The predicted molar refractivity (Wildman–Crippen MR) is 80.2 cm³/mol. The second-order valence-corrected chi connectivity index (χ2v) is 5.06. The summed E-state index contributed by atoms with van der Waals surface area (Å²) < 4.78 is 2.54. The van der Waals surface area contributed by atoms with Gasteiger partial charge in [0.2, 0.25) is 0 Å². The fraction of sp³-hybridized carbons (Fsp3) is 0.333. The molecular formula is C15H19N3O2. The van der Waals surface area contributed by atoms with E-state index in [1.54, 1.807) is 13.2 Å². The van der Waals surface area contributed by atoms with Crippen molar-refractivity contribution in [1.82, 2.24) is 9.13 Å². The molecule has 0 aliphatic rings. The highest BCUT2D eigenvalue weighted by atomic mass is 16.2. The van der Waals surface area contributed by atoms with Crippen LogP contribution in [0.3, 0.4) is 0 Å². The Hall–Kier alpha value is -2.30. The van der Waals surface area contributed by atoms with Crippen molar-refractivity contribution in [2.45, 2.75) is 20.4 Å². The largest absolute Gasteiger partial charge is 0.381 e. The third-order valence-electron chi connectivity index (χ3n) is 3.51. The van der Waals surface area contributed by atoms with Crippen LogP contribution in [0.4, 0.5) is 5.69 Å². The lowest BCUT2D eigenvalue weighted by Crippen LogP contribution is -2.38. The van der Waals surface area contributed by atoms with E-state index in [0.29, 0.717) is 12.1 Å². The van der Waals surface area contributed by atoms with Crippen molar-refractivity contribution in [3.05, 3.63) is 61.9 Å². The third-order valence-corrected chi connectivity index (χ3v) is 3.51. The highest BCUT2D eigenvalue weighted by Gasteiger charge is 2.06. The van der Waals surface area contributed by atoms with Crippen LogP contribution in [0.2, 0.25) is 0 Å². The molecule has 2 rings (SSSR count). The monoisotopic (exact) mass is 273 g/mol. The maximum absolute atomic E-state index is 12.0. The van der Waals surface area contributed by atoms with Crippen molar-refractivity contribution in [2.24, 2.45) is 14.1 Å². The zero-order chi connectivity index (χ0) is 14.9. The molecule has 1 heterocycles. The van der Waals surface area contributed by atoms with Crippen molar-refractivity contribution >= 4 is 5.69 Å². The Balaban J connectivity index is 2.25. The van der Waals surface area contributed by atoms with Crippen LogP contribution in [-0.4, -0.2) is 9.13 Å². The molecule has 0 fully saturated rings. The first-order valence-electron chi connectivity index (χ1n) is 6.47. The molecular weight excluding hydrogens is 254 g/mol. The lowest BCUT2D eigenvalue weighted by atomic mass is 10.1. The van der Waals surface area contributed by atoms with Crippen molar-refractivity contribution in [3.8, 4) is 0 Å². The second kappa shape index (κ2) is 5.36. The standard InChI is InChI=1S/C15H19N3O2/c1-10-5-6-13(7-11(10)2)16-8-12-9-17(3)15(20)18(4)14(12)19/h5-7,9,16H,8H2,1-4H3. The molecule has 5 heteroatoms. The van der Waals surface area contributed by atoms with Crippen LogP contribution in [0.25, 0.3) is 0 Å². The van der Waals surface area contributed by atoms with Crippen LogP contribution in [0.5, 0.6) is 0 Å². The van der Waals surface area contributed by atoms with Crippen molar-refractivity contribution in [1.29, 1.82) is 0 Å². The van der Waals surface area contributed by atoms with E-state index in [-0.39, 0.29) is 11.2 Å². The molecule has 0 atom stereocenters. The number of anilines is 1. The molecule has 0 bridgehead atoms. The number of nitrogens with zero attached hydrogens (tertiary/aromatic N) is 2. The van der Waals surface area contributed by atoms with Crippen LogP contribution < -0.4 is 16.6 Å². The van der Waals surface area contributed by atoms with Gasteiger partial charge in [-0.1, -0.05) is 6.07 Å². The maximum Gasteiger partial charge on any atom is 0.330 e. The Morgan fingerprint density at radius 2 is 1.80 bits per heavy atom. The first kappa shape index (κ1) is 14.1. The van der Waals surface area contributed by atoms with Crippen molar-refractivity contribution in [2.75, 3.05) is 5.32 Å². The van der Waals surface area contributed by atoms with Crippen LogP contribution in [0.1, 0.15) is 16.7 Å². The zero-order valence-electron chi connectivity index (χ0n) is 12.2. The molecule has 2 aromatic rings. The van der Waals surface area contributed by atoms with Gasteiger partial charge in [0.25, 0.3) is 5.56 Å². The Labute approximate surface area is 117 Å². The van der Waals surface area contributed by atoms with Crippen LogP contribution in [-0.2, 0) is 20.6 Å². The predicted octanol–water partition coefficient (Wildman–Crippen LogP) is 1.31. The molecule has 0 radical (unpaired) electrons. The van der Waals surface area contributed by atoms with Crippen molar-refractivity contribution in [3.63, 3.8) is 0 Å². The molecule has 0 spiro atoms. The number of aromatic nitrogens is 2. The number of aryl methyl sites for hydroxylation is 3. The highest BCUT2D eigenvalue weighted by Crippen LogP contribution is 2.14. The highest BCUT2D eigenvalue weighted by molar-refractivity contribution is 5.48. The summed E-state index contributed by atoms with van der Waals surface area (Å²) in [5.41, 5.74) is 3.38. The van der Waals surface area contributed by atoms with E-state index in [1.165, 1.54) is 22.7 Å². The molecule has 1 aromatic heterocycles. The molecule has 0 aliphatic heterocycles. The van der Waals surface area contributed by atoms with E-state index in [4.69, 9.17) is 0 Å². The Kier molecular flexibility index (Phi) is 3.79. The molecule has 1 N–H and O–H groups in total. The molecule has 0 amide bonds. The van der Waals surface area contributed by atoms with Gasteiger partial charge >= 0.3 is 5.69 Å². The number of benzene rings is 1. The Morgan fingerprint density at radius 3 is 2.45 bits per heavy atom. The fourth-order valence-corrected chi connectivity index (χ4v) is 2.05. The van der Waals surface area contributed by atoms with Gasteiger partial charge in [-0.3, -0.25) is 9.36 Å². The van der Waals surface area contributed by atoms with E-state index >= 15 is 0 Å². The molecule has 0 saturated carbocycles. The summed E-state index contributed by atoms with van der Waals surface area (Å²) >= 11 is 0. The summed E-state index contributed by atoms with van der Waals surface area (Å²) in [5, 5.41) is 3.22. The lowest BCUT2D eigenvalue weighted by Gasteiger charge is -2.10. The number of hydrogen-bond donors (Lipinski definition) is 1. The van der Waals surface area contributed by atoms with Gasteiger partial charge in [-0.25, -0.2) is 4.79 Å². The quantitative estimate of drug-likeness (QED) is 0.917. The zero-order valence-corrected chi connectivity index (χ0v) is 12.2. The van der Waals surface area contributed by atoms with Gasteiger partial charge in [-0.15, -0.1) is 0 Å². The summed E-state index contributed by atoms with van der Waals surface area (Å²) in [5.74, 6) is 0. The molecule has 1 aromatic carbocycles. The molecule has 0 aliphatic carbocycles. The number of hydrogen-bond acceptors (Lipinski definition) is 3. The molecule has 5 nitrogen and oxygen atoms in total. The molecule has 0 saturated heterocycles. The summed E-state index contributed by atoms with van der Waals surface area (Å²) in [6, 6.07) is 6.06.